The van der Waals surface area contributed by atoms with Gasteiger partial charge in [-0.3, -0.25) is 0 Å². The van der Waals surface area contributed by atoms with E-state index in [1.807, 2.05) is 5.38 Å². The Morgan fingerprint density at radius 1 is 1.60 bits per heavy atom. The second-order valence-corrected chi connectivity index (χ2v) is 3.82. The van der Waals surface area contributed by atoms with Gasteiger partial charge in [-0.25, -0.2) is 4.98 Å². The normalized spacial score (nSPS) is 10.5. The van der Waals surface area contributed by atoms with Gasteiger partial charge in [-0.2, -0.15) is 9.67 Å². The Labute approximate surface area is 91.2 Å². The van der Waals surface area contributed by atoms with E-state index in [1.54, 1.807) is 6.20 Å². The topological polar surface area (TPSA) is 81.6 Å². The van der Waals surface area contributed by atoms with Gasteiger partial charge < -0.3 is 11.1 Å². The predicted molar refractivity (Wildman–Crippen MR) is 60.2 cm³/mol. The zero-order valence-corrected chi connectivity index (χ0v) is 9.16. The molecule has 3 N–H and O–H groups in total. The molecule has 0 aliphatic carbocycles. The number of aromatic nitrogens is 4. The maximum Gasteiger partial charge on any atom is 0.244 e. The van der Waals surface area contributed by atoms with E-state index < -0.39 is 0 Å². The molecule has 0 spiro atoms. The number of nitrogens with zero attached hydrogens (tertiary/aromatic N) is 4. The van der Waals surface area contributed by atoms with E-state index in [-0.39, 0.29) is 0 Å². The summed E-state index contributed by atoms with van der Waals surface area (Å²) < 4.78 is 1.53. The van der Waals surface area contributed by atoms with Crippen molar-refractivity contribution in [1.82, 2.24) is 19.7 Å². The lowest BCUT2D eigenvalue weighted by atomic mass is 10.5. The number of nitrogens with one attached hydrogen (secondary N) is 1. The summed E-state index contributed by atoms with van der Waals surface area (Å²) in [6, 6.07) is 0. The van der Waals surface area contributed by atoms with Crippen LogP contribution in [0, 0.1) is 0 Å². The summed E-state index contributed by atoms with van der Waals surface area (Å²) in [4.78, 5) is 8.20. The van der Waals surface area contributed by atoms with Crippen LogP contribution >= 0.6 is 11.3 Å². The Balaban J connectivity index is 2.22. The van der Waals surface area contributed by atoms with Crippen LogP contribution in [0.2, 0.25) is 0 Å². The van der Waals surface area contributed by atoms with Crippen LogP contribution in [0.4, 0.5) is 11.9 Å². The average Bonchev–Trinajstić information content (AvgIpc) is 2.83. The molecule has 0 fully saturated rings. The summed E-state index contributed by atoms with van der Waals surface area (Å²) in [5.74, 6) is 0.896. The van der Waals surface area contributed by atoms with Crippen LogP contribution in [-0.2, 0) is 0 Å². The maximum absolute atomic E-state index is 5.72. The fourth-order valence-electron chi connectivity index (χ4n) is 1.10. The van der Waals surface area contributed by atoms with Crippen LogP contribution in [-0.4, -0.2) is 26.3 Å². The number of hydrogen-bond acceptors (Lipinski definition) is 6. The highest BCUT2D eigenvalue weighted by atomic mass is 32.1. The third-order valence-corrected chi connectivity index (χ3v) is 2.51. The molecule has 15 heavy (non-hydrogen) atoms. The minimum absolute atomic E-state index is 0.351. The first-order chi connectivity index (χ1) is 7.31. The standard InChI is InChI=1S/C8H12N6S/c1-2-3-10-7-12-6(9)14(13-7)8-11-4-5-15-8/h4-5H,2-3H2,1H3,(H3,9,10,12,13). The highest BCUT2D eigenvalue weighted by Gasteiger charge is 2.09. The van der Waals surface area contributed by atoms with Crippen molar-refractivity contribution in [2.45, 2.75) is 13.3 Å². The van der Waals surface area contributed by atoms with Crippen molar-refractivity contribution in [2.24, 2.45) is 0 Å². The molecule has 0 saturated heterocycles. The van der Waals surface area contributed by atoms with Crippen molar-refractivity contribution in [3.8, 4) is 5.13 Å². The number of anilines is 2. The molecule has 0 atom stereocenters. The van der Waals surface area contributed by atoms with Gasteiger partial charge in [0.1, 0.15) is 0 Å². The molecule has 80 valence electrons. The Bertz CT molecular complexity index is 420. The van der Waals surface area contributed by atoms with Gasteiger partial charge in [-0.1, -0.05) is 6.92 Å². The van der Waals surface area contributed by atoms with Gasteiger partial charge in [0.15, 0.2) is 0 Å². The van der Waals surface area contributed by atoms with Crippen molar-refractivity contribution in [2.75, 3.05) is 17.6 Å². The molecule has 0 bridgehead atoms. The number of hydrogen-bond donors (Lipinski definition) is 2. The number of nitrogen functional groups attached to an aromatic ring is 1. The molecule has 0 aliphatic heterocycles. The molecular weight excluding hydrogens is 212 g/mol. The summed E-state index contributed by atoms with van der Waals surface area (Å²) in [7, 11) is 0. The second kappa shape index (κ2) is 4.26. The molecule has 2 aromatic rings. The van der Waals surface area contributed by atoms with E-state index in [0.717, 1.165) is 18.1 Å². The van der Waals surface area contributed by atoms with E-state index in [1.165, 1.54) is 16.0 Å². The lowest BCUT2D eigenvalue weighted by Crippen LogP contribution is -2.03. The van der Waals surface area contributed by atoms with Crippen LogP contribution < -0.4 is 11.1 Å². The minimum atomic E-state index is 0.351. The Morgan fingerprint density at radius 3 is 3.13 bits per heavy atom. The molecule has 2 heterocycles. The quantitative estimate of drug-likeness (QED) is 0.813. The molecule has 0 aromatic carbocycles. The number of nitrogens with two attached hydrogens (primary N) is 1. The zero-order chi connectivity index (χ0) is 10.7. The first-order valence-corrected chi connectivity index (χ1v) is 5.55. The van der Waals surface area contributed by atoms with E-state index >= 15 is 0 Å². The fraction of sp³-hybridized carbons (Fsp3) is 0.375. The third-order valence-electron chi connectivity index (χ3n) is 1.77. The fourth-order valence-corrected chi connectivity index (χ4v) is 1.70. The first-order valence-electron chi connectivity index (χ1n) is 4.67. The summed E-state index contributed by atoms with van der Waals surface area (Å²) in [6.45, 7) is 2.91. The number of thiazole rings is 1. The summed E-state index contributed by atoms with van der Waals surface area (Å²) in [5, 5.41) is 9.88. The van der Waals surface area contributed by atoms with Crippen molar-refractivity contribution in [3.05, 3.63) is 11.6 Å². The van der Waals surface area contributed by atoms with Crippen molar-refractivity contribution in [3.63, 3.8) is 0 Å². The van der Waals surface area contributed by atoms with Crippen molar-refractivity contribution >= 4 is 23.2 Å². The van der Waals surface area contributed by atoms with Gasteiger partial charge >= 0.3 is 0 Å². The van der Waals surface area contributed by atoms with Gasteiger partial charge in [-0.05, 0) is 6.42 Å². The van der Waals surface area contributed by atoms with E-state index in [2.05, 4.69) is 27.3 Å². The lowest BCUT2D eigenvalue weighted by molar-refractivity contribution is 0.871. The zero-order valence-electron chi connectivity index (χ0n) is 8.34. The van der Waals surface area contributed by atoms with Crippen molar-refractivity contribution < 1.29 is 0 Å². The summed E-state index contributed by atoms with van der Waals surface area (Å²) >= 11 is 1.47. The van der Waals surface area contributed by atoms with Gasteiger partial charge in [0, 0.05) is 18.1 Å². The Hall–Kier alpha value is -1.63. The predicted octanol–water partition coefficient (Wildman–Crippen LogP) is 1.13. The molecule has 7 heteroatoms. The third kappa shape index (κ3) is 2.07. The summed E-state index contributed by atoms with van der Waals surface area (Å²) in [6.07, 6.45) is 2.73. The molecule has 2 rings (SSSR count). The molecule has 0 saturated carbocycles. The van der Waals surface area contributed by atoms with Crippen LogP contribution in [0.15, 0.2) is 11.6 Å². The molecule has 0 unspecified atom stereocenters. The molecular formula is C8H12N6S. The number of rotatable bonds is 4. The molecule has 2 aromatic heterocycles. The SMILES string of the molecule is CCCNc1nc(N)n(-c2nccs2)n1. The summed E-state index contributed by atoms with van der Waals surface area (Å²) in [5.41, 5.74) is 5.72. The van der Waals surface area contributed by atoms with E-state index in [4.69, 9.17) is 5.73 Å². The van der Waals surface area contributed by atoms with Gasteiger partial charge in [0.25, 0.3) is 0 Å². The van der Waals surface area contributed by atoms with Crippen LogP contribution in [0.3, 0.4) is 0 Å². The van der Waals surface area contributed by atoms with E-state index in [9.17, 15) is 0 Å². The highest BCUT2D eigenvalue weighted by molar-refractivity contribution is 7.12. The average molecular weight is 224 g/mol. The van der Waals surface area contributed by atoms with Crippen molar-refractivity contribution in [1.29, 1.82) is 0 Å². The molecule has 0 radical (unpaired) electrons. The first kappa shape index (κ1) is 9.91. The Kier molecular flexibility index (Phi) is 2.82. The van der Waals surface area contributed by atoms with Gasteiger partial charge in [-0.15, -0.1) is 16.4 Å². The maximum atomic E-state index is 5.72. The van der Waals surface area contributed by atoms with Crippen LogP contribution in [0.5, 0.6) is 0 Å². The largest absolute Gasteiger partial charge is 0.368 e. The second-order valence-electron chi connectivity index (χ2n) is 2.95. The van der Waals surface area contributed by atoms with E-state index in [0.29, 0.717) is 11.9 Å². The van der Waals surface area contributed by atoms with Crippen LogP contribution in [0.25, 0.3) is 5.13 Å². The van der Waals surface area contributed by atoms with Gasteiger partial charge in [0.2, 0.25) is 17.0 Å². The molecule has 6 nitrogen and oxygen atoms in total. The smallest absolute Gasteiger partial charge is 0.244 e. The lowest BCUT2D eigenvalue weighted by Gasteiger charge is -1.96. The highest BCUT2D eigenvalue weighted by Crippen LogP contribution is 2.15. The van der Waals surface area contributed by atoms with Gasteiger partial charge in [0.05, 0.1) is 0 Å². The minimum Gasteiger partial charge on any atom is -0.368 e. The Morgan fingerprint density at radius 2 is 2.47 bits per heavy atom. The monoisotopic (exact) mass is 224 g/mol. The molecule has 0 amide bonds. The molecule has 0 aliphatic rings. The van der Waals surface area contributed by atoms with Crippen LogP contribution in [0.1, 0.15) is 13.3 Å².